The summed E-state index contributed by atoms with van der Waals surface area (Å²) < 4.78 is 0. The van der Waals surface area contributed by atoms with E-state index in [1.165, 1.54) is 12.3 Å². The van der Waals surface area contributed by atoms with Gasteiger partial charge in [0.1, 0.15) is 0 Å². The SMILES string of the molecule is Cc1cnc(C(=O)O)c(C(=O)O)c1.[H-].[Na+]. The van der Waals surface area contributed by atoms with E-state index in [0.29, 0.717) is 5.56 Å². The minimum atomic E-state index is -1.34. The zero-order chi connectivity index (χ0) is 10.0. The summed E-state index contributed by atoms with van der Waals surface area (Å²) in [5, 5.41) is 17.2. The van der Waals surface area contributed by atoms with Crippen LogP contribution in [-0.2, 0) is 0 Å². The monoisotopic (exact) mass is 205 g/mol. The van der Waals surface area contributed by atoms with Gasteiger partial charge in [0.2, 0.25) is 0 Å². The molecule has 0 unspecified atom stereocenters. The predicted molar refractivity (Wildman–Crippen MR) is 44.0 cm³/mol. The summed E-state index contributed by atoms with van der Waals surface area (Å²) in [5.41, 5.74) is -0.104. The van der Waals surface area contributed by atoms with Crippen molar-refractivity contribution in [2.45, 2.75) is 6.92 Å². The maximum Gasteiger partial charge on any atom is 1.00 e. The molecule has 5 nitrogen and oxygen atoms in total. The molecule has 0 radical (unpaired) electrons. The van der Waals surface area contributed by atoms with Gasteiger partial charge >= 0.3 is 41.5 Å². The molecular formula is C8H8NNaO4. The molecule has 1 aromatic rings. The van der Waals surface area contributed by atoms with Crippen LogP contribution in [0.25, 0.3) is 0 Å². The van der Waals surface area contributed by atoms with Gasteiger partial charge < -0.3 is 11.6 Å². The van der Waals surface area contributed by atoms with Crippen LogP contribution < -0.4 is 29.6 Å². The van der Waals surface area contributed by atoms with Crippen molar-refractivity contribution in [3.8, 4) is 0 Å². The molecule has 0 spiro atoms. The maximum absolute atomic E-state index is 10.6. The molecule has 0 aromatic carbocycles. The molecule has 1 rings (SSSR count). The molecule has 0 atom stereocenters. The minimum absolute atomic E-state index is 0. The molecule has 0 aliphatic heterocycles. The molecule has 14 heavy (non-hydrogen) atoms. The average Bonchev–Trinajstić information content (AvgIpc) is 2.03. The van der Waals surface area contributed by atoms with Gasteiger partial charge in [0.25, 0.3) is 0 Å². The molecule has 70 valence electrons. The fourth-order valence-electron chi connectivity index (χ4n) is 0.903. The molecule has 1 aromatic heterocycles. The Hall–Kier alpha value is -0.910. The summed E-state index contributed by atoms with van der Waals surface area (Å²) in [4.78, 5) is 24.6. The first kappa shape index (κ1) is 13.1. The zero-order valence-corrected chi connectivity index (χ0v) is 9.81. The smallest absolute Gasteiger partial charge is 1.00 e. The van der Waals surface area contributed by atoms with E-state index in [2.05, 4.69) is 4.98 Å². The van der Waals surface area contributed by atoms with Crippen molar-refractivity contribution < 1.29 is 50.8 Å². The van der Waals surface area contributed by atoms with Gasteiger partial charge in [-0.2, -0.15) is 0 Å². The van der Waals surface area contributed by atoms with E-state index in [4.69, 9.17) is 10.2 Å². The van der Waals surface area contributed by atoms with Gasteiger partial charge in [0.05, 0.1) is 5.56 Å². The predicted octanol–water partition coefficient (Wildman–Crippen LogP) is -2.10. The Balaban J connectivity index is 0. The van der Waals surface area contributed by atoms with E-state index in [-0.39, 0.29) is 36.5 Å². The molecule has 0 amide bonds. The number of aromatic carboxylic acids is 2. The van der Waals surface area contributed by atoms with Crippen LogP contribution in [0.2, 0.25) is 0 Å². The largest absolute Gasteiger partial charge is 1.00 e. The topological polar surface area (TPSA) is 87.5 Å². The minimum Gasteiger partial charge on any atom is -1.00 e. The quantitative estimate of drug-likeness (QED) is 0.540. The van der Waals surface area contributed by atoms with Crippen molar-refractivity contribution in [3.05, 3.63) is 29.1 Å². The van der Waals surface area contributed by atoms with Gasteiger partial charge in [0, 0.05) is 6.20 Å². The molecule has 0 aliphatic carbocycles. The third-order valence-corrected chi connectivity index (χ3v) is 1.46. The Morgan fingerprint density at radius 2 is 1.93 bits per heavy atom. The number of hydrogen-bond acceptors (Lipinski definition) is 3. The van der Waals surface area contributed by atoms with Gasteiger partial charge in [-0.25, -0.2) is 14.6 Å². The second-order valence-corrected chi connectivity index (χ2v) is 2.52. The second-order valence-electron chi connectivity index (χ2n) is 2.52. The normalized spacial score (nSPS) is 8.93. The van der Waals surface area contributed by atoms with Crippen molar-refractivity contribution in [2.24, 2.45) is 0 Å². The van der Waals surface area contributed by atoms with Crippen LogP contribution in [0, 0.1) is 6.92 Å². The summed E-state index contributed by atoms with van der Waals surface area (Å²) in [7, 11) is 0. The standard InChI is InChI=1S/C8H7NO4.Na.H/c1-4-2-5(7(10)11)6(8(12)13)9-3-4;;/h2-3H,1H3,(H,10,11)(H,12,13);;/q;+1;-1. The van der Waals surface area contributed by atoms with E-state index >= 15 is 0 Å². The van der Waals surface area contributed by atoms with E-state index in [0.717, 1.165) is 0 Å². The molecule has 0 bridgehead atoms. The number of aromatic nitrogens is 1. The first-order valence-corrected chi connectivity index (χ1v) is 3.45. The molecule has 6 heteroatoms. The molecular weight excluding hydrogens is 197 g/mol. The summed E-state index contributed by atoms with van der Waals surface area (Å²) >= 11 is 0. The number of nitrogens with zero attached hydrogens (tertiary/aromatic N) is 1. The van der Waals surface area contributed by atoms with Crippen LogP contribution in [0.5, 0.6) is 0 Å². The number of rotatable bonds is 2. The van der Waals surface area contributed by atoms with Crippen molar-refractivity contribution in [2.75, 3.05) is 0 Å². The van der Waals surface area contributed by atoms with E-state index in [9.17, 15) is 9.59 Å². The molecule has 1 heterocycles. The number of carboxylic acids is 2. The summed E-state index contributed by atoms with van der Waals surface area (Å²) in [6.07, 6.45) is 1.32. The number of carbonyl (C=O) groups is 2. The van der Waals surface area contributed by atoms with Crippen LogP contribution in [0.4, 0.5) is 0 Å². The van der Waals surface area contributed by atoms with Crippen molar-refractivity contribution >= 4 is 11.9 Å². The first-order chi connectivity index (χ1) is 6.02. The zero-order valence-electron chi connectivity index (χ0n) is 8.81. The number of aryl methyl sites for hydroxylation is 1. The van der Waals surface area contributed by atoms with Crippen molar-refractivity contribution in [1.29, 1.82) is 0 Å². The van der Waals surface area contributed by atoms with Crippen LogP contribution in [0.1, 0.15) is 27.8 Å². The van der Waals surface area contributed by atoms with Gasteiger partial charge in [-0.05, 0) is 18.6 Å². The van der Waals surface area contributed by atoms with E-state index in [1.54, 1.807) is 6.92 Å². The van der Waals surface area contributed by atoms with Crippen molar-refractivity contribution in [1.82, 2.24) is 4.98 Å². The third kappa shape index (κ3) is 2.80. The Bertz CT molecular complexity index is 383. The van der Waals surface area contributed by atoms with Crippen LogP contribution in [-0.4, -0.2) is 27.1 Å². The fourth-order valence-corrected chi connectivity index (χ4v) is 0.903. The Morgan fingerprint density at radius 3 is 2.36 bits per heavy atom. The Kier molecular flexibility index (Phi) is 4.76. The Morgan fingerprint density at radius 1 is 1.36 bits per heavy atom. The number of hydrogen-bond donors (Lipinski definition) is 2. The van der Waals surface area contributed by atoms with Crippen LogP contribution >= 0.6 is 0 Å². The molecule has 0 aliphatic rings. The summed E-state index contributed by atoms with van der Waals surface area (Å²) in [6.45, 7) is 1.64. The molecule has 0 saturated carbocycles. The Labute approximate surface area is 104 Å². The van der Waals surface area contributed by atoms with Crippen molar-refractivity contribution in [3.63, 3.8) is 0 Å². The first-order valence-electron chi connectivity index (χ1n) is 3.45. The average molecular weight is 205 g/mol. The molecule has 0 fully saturated rings. The van der Waals surface area contributed by atoms with Gasteiger partial charge in [-0.15, -0.1) is 0 Å². The third-order valence-electron chi connectivity index (χ3n) is 1.46. The fraction of sp³-hybridized carbons (Fsp3) is 0.125. The number of pyridine rings is 1. The molecule has 2 N–H and O–H groups in total. The van der Waals surface area contributed by atoms with Crippen LogP contribution in [0.3, 0.4) is 0 Å². The summed E-state index contributed by atoms with van der Waals surface area (Å²) in [5.74, 6) is -2.62. The van der Waals surface area contributed by atoms with Gasteiger partial charge in [-0.1, -0.05) is 0 Å². The van der Waals surface area contributed by atoms with E-state index < -0.39 is 17.6 Å². The maximum atomic E-state index is 10.6. The summed E-state index contributed by atoms with van der Waals surface area (Å²) in [6, 6.07) is 1.28. The van der Waals surface area contributed by atoms with Crippen LogP contribution in [0.15, 0.2) is 12.3 Å². The van der Waals surface area contributed by atoms with Gasteiger partial charge in [0.15, 0.2) is 5.69 Å². The second kappa shape index (κ2) is 5.09. The molecule has 0 saturated heterocycles. The van der Waals surface area contributed by atoms with E-state index in [1.807, 2.05) is 0 Å². The number of carboxylic acid groups (broad SMARTS) is 2. The van der Waals surface area contributed by atoms with Gasteiger partial charge in [-0.3, -0.25) is 0 Å².